The Hall–Kier alpha value is -2.51. The number of amides is 1. The van der Waals surface area contributed by atoms with E-state index in [0.29, 0.717) is 12.4 Å². The number of carbonyl (C=O) groups excluding carboxylic acids is 1. The third kappa shape index (κ3) is 4.26. The predicted molar refractivity (Wildman–Crippen MR) is 101 cm³/mol. The molecule has 142 valence electrons. The van der Waals surface area contributed by atoms with E-state index in [0.717, 1.165) is 49.6 Å². The Morgan fingerprint density at radius 1 is 1.22 bits per heavy atom. The second kappa shape index (κ2) is 8.02. The van der Waals surface area contributed by atoms with Crippen LogP contribution in [0.25, 0.3) is 0 Å². The summed E-state index contributed by atoms with van der Waals surface area (Å²) in [4.78, 5) is 23.9. The number of carbonyl (C=O) groups is 1. The normalized spacial score (nSPS) is 22.6. The Morgan fingerprint density at radius 3 is 2.85 bits per heavy atom. The number of aromatic nitrogens is 2. The fraction of sp³-hybridized carbons (Fsp3) is 0.450. The van der Waals surface area contributed by atoms with Crippen molar-refractivity contribution in [2.24, 2.45) is 0 Å². The van der Waals surface area contributed by atoms with Crippen molar-refractivity contribution in [3.05, 3.63) is 47.9 Å². The van der Waals surface area contributed by atoms with Crippen molar-refractivity contribution < 1.29 is 9.53 Å². The summed E-state index contributed by atoms with van der Waals surface area (Å²) in [6.07, 6.45) is 2.77. The molecule has 7 nitrogen and oxygen atoms in total. The minimum atomic E-state index is -0.126. The first-order valence-electron chi connectivity index (χ1n) is 9.55. The summed E-state index contributed by atoms with van der Waals surface area (Å²) in [5.74, 6) is 2.36. The summed E-state index contributed by atoms with van der Waals surface area (Å²) in [5.41, 5.74) is 6.97. The van der Waals surface area contributed by atoms with Gasteiger partial charge in [-0.3, -0.25) is 10.2 Å². The predicted octanol–water partition coefficient (Wildman–Crippen LogP) is 2.15. The summed E-state index contributed by atoms with van der Waals surface area (Å²) in [5, 5.41) is 0. The smallest absolute Gasteiger partial charge is 0.241 e. The second-order valence-electron chi connectivity index (χ2n) is 7.16. The molecule has 0 saturated carbocycles. The minimum Gasteiger partial charge on any atom is -0.439 e. The van der Waals surface area contributed by atoms with Crippen LogP contribution in [-0.4, -0.2) is 46.5 Å². The summed E-state index contributed by atoms with van der Waals surface area (Å²) in [6, 6.07) is 11.3. The van der Waals surface area contributed by atoms with Crippen molar-refractivity contribution in [1.29, 1.82) is 0 Å². The number of hydrazine groups is 1. The number of piperidine rings is 1. The van der Waals surface area contributed by atoms with Crippen LogP contribution >= 0.6 is 0 Å². The van der Waals surface area contributed by atoms with E-state index in [2.05, 4.69) is 20.8 Å². The number of ether oxygens (including phenoxy) is 1. The Bertz CT molecular complexity index is 792. The van der Waals surface area contributed by atoms with Gasteiger partial charge in [-0.15, -0.1) is 0 Å². The first kappa shape index (κ1) is 17.9. The van der Waals surface area contributed by atoms with Gasteiger partial charge in [-0.25, -0.2) is 10.4 Å². The van der Waals surface area contributed by atoms with E-state index >= 15 is 0 Å². The lowest BCUT2D eigenvalue weighted by molar-refractivity contribution is -0.134. The first-order chi connectivity index (χ1) is 13.2. The number of nitrogens with one attached hydrogen (secondary N) is 2. The molecule has 7 heteroatoms. The Kier molecular flexibility index (Phi) is 5.31. The van der Waals surface area contributed by atoms with E-state index in [9.17, 15) is 4.79 Å². The van der Waals surface area contributed by atoms with Crippen LogP contribution in [0, 0.1) is 6.92 Å². The quantitative estimate of drug-likeness (QED) is 0.862. The van der Waals surface area contributed by atoms with Crippen LogP contribution in [0.2, 0.25) is 0 Å². The van der Waals surface area contributed by atoms with E-state index in [4.69, 9.17) is 4.74 Å². The van der Waals surface area contributed by atoms with Crippen LogP contribution in [0.1, 0.15) is 36.7 Å². The molecule has 1 aromatic carbocycles. The van der Waals surface area contributed by atoms with Crippen molar-refractivity contribution in [2.45, 2.75) is 38.1 Å². The van der Waals surface area contributed by atoms with Crippen LogP contribution in [0.5, 0.6) is 11.6 Å². The number of hydrogen-bond acceptors (Lipinski definition) is 6. The van der Waals surface area contributed by atoms with Gasteiger partial charge < -0.3 is 9.64 Å². The first-order valence-corrected chi connectivity index (χ1v) is 9.55. The van der Waals surface area contributed by atoms with E-state index in [1.807, 2.05) is 48.2 Å². The van der Waals surface area contributed by atoms with Crippen LogP contribution in [0.15, 0.2) is 36.4 Å². The van der Waals surface area contributed by atoms with Crippen LogP contribution in [-0.2, 0) is 4.79 Å². The molecule has 2 N–H and O–H groups in total. The number of hydrogen-bond donors (Lipinski definition) is 2. The van der Waals surface area contributed by atoms with E-state index in [1.165, 1.54) is 0 Å². The molecule has 1 amide bonds. The summed E-state index contributed by atoms with van der Waals surface area (Å²) < 4.78 is 5.90. The van der Waals surface area contributed by atoms with Gasteiger partial charge in [-0.1, -0.05) is 18.2 Å². The largest absolute Gasteiger partial charge is 0.439 e. The van der Waals surface area contributed by atoms with E-state index < -0.39 is 0 Å². The van der Waals surface area contributed by atoms with Crippen molar-refractivity contribution >= 4 is 5.91 Å². The minimum absolute atomic E-state index is 0.126. The van der Waals surface area contributed by atoms with Gasteiger partial charge in [0.25, 0.3) is 0 Å². The molecule has 4 rings (SSSR count). The molecule has 0 bridgehead atoms. The zero-order valence-corrected chi connectivity index (χ0v) is 15.5. The zero-order valence-electron chi connectivity index (χ0n) is 15.5. The maximum Gasteiger partial charge on any atom is 0.241 e. The monoisotopic (exact) mass is 367 g/mol. The number of aryl methyl sites for hydroxylation is 1. The standard InChI is InChI=1S/C20H25N5O2/c1-14-12-18(27-16-7-3-2-4-8-16)23-19(22-14)15-6-5-11-25(13-15)20(26)17-9-10-21-24-17/h2-4,7-8,12,15,17,21,24H,5-6,9-11,13H2,1H3. The van der Waals surface area contributed by atoms with Crippen molar-refractivity contribution in [3.8, 4) is 11.6 Å². The molecule has 2 aliphatic heterocycles. The fourth-order valence-electron chi connectivity index (χ4n) is 3.68. The summed E-state index contributed by atoms with van der Waals surface area (Å²) in [6.45, 7) is 4.23. The number of benzene rings is 1. The SMILES string of the molecule is Cc1cc(Oc2ccccc2)nc(C2CCCN(C(=O)C3CCNN3)C2)n1. The molecule has 27 heavy (non-hydrogen) atoms. The van der Waals surface area contributed by atoms with E-state index in [-0.39, 0.29) is 17.9 Å². The highest BCUT2D eigenvalue weighted by atomic mass is 16.5. The van der Waals surface area contributed by atoms with Gasteiger partial charge >= 0.3 is 0 Å². The van der Waals surface area contributed by atoms with Crippen LogP contribution < -0.4 is 15.6 Å². The Morgan fingerprint density at radius 2 is 2.07 bits per heavy atom. The van der Waals surface area contributed by atoms with Crippen molar-refractivity contribution in [2.75, 3.05) is 19.6 Å². The number of nitrogens with zero attached hydrogens (tertiary/aromatic N) is 3. The topological polar surface area (TPSA) is 79.4 Å². The molecule has 3 heterocycles. The van der Waals surface area contributed by atoms with Crippen molar-refractivity contribution in [1.82, 2.24) is 25.7 Å². The van der Waals surface area contributed by atoms with Gasteiger partial charge in [0.1, 0.15) is 17.6 Å². The molecule has 0 spiro atoms. The molecule has 2 saturated heterocycles. The number of rotatable bonds is 4. The molecule has 0 radical (unpaired) electrons. The Labute approximate surface area is 159 Å². The maximum atomic E-state index is 12.7. The van der Waals surface area contributed by atoms with Gasteiger partial charge in [-0.05, 0) is 38.3 Å². The van der Waals surface area contributed by atoms with Gasteiger partial charge in [0.2, 0.25) is 11.8 Å². The molecular weight excluding hydrogens is 342 g/mol. The lowest BCUT2D eigenvalue weighted by Crippen LogP contribution is -2.48. The lowest BCUT2D eigenvalue weighted by atomic mass is 9.96. The summed E-state index contributed by atoms with van der Waals surface area (Å²) in [7, 11) is 0. The van der Waals surface area contributed by atoms with Gasteiger partial charge in [-0.2, -0.15) is 4.98 Å². The molecule has 2 atom stereocenters. The maximum absolute atomic E-state index is 12.7. The molecular formula is C20H25N5O2. The molecule has 2 aliphatic rings. The van der Waals surface area contributed by atoms with Crippen LogP contribution in [0.4, 0.5) is 0 Å². The molecule has 0 aliphatic carbocycles. The molecule has 1 aromatic heterocycles. The molecule has 2 aromatic rings. The van der Waals surface area contributed by atoms with Gasteiger partial charge in [0, 0.05) is 37.3 Å². The average molecular weight is 367 g/mol. The third-order valence-electron chi connectivity index (χ3n) is 5.04. The number of likely N-dealkylation sites (tertiary alicyclic amines) is 1. The van der Waals surface area contributed by atoms with Crippen LogP contribution in [0.3, 0.4) is 0 Å². The highest BCUT2D eigenvalue weighted by Crippen LogP contribution is 2.28. The Balaban J connectivity index is 1.49. The van der Waals surface area contributed by atoms with Gasteiger partial charge in [0.15, 0.2) is 0 Å². The highest BCUT2D eigenvalue weighted by molar-refractivity contribution is 5.82. The highest BCUT2D eigenvalue weighted by Gasteiger charge is 2.32. The second-order valence-corrected chi connectivity index (χ2v) is 7.16. The molecule has 2 fully saturated rings. The average Bonchev–Trinajstić information content (AvgIpc) is 3.23. The van der Waals surface area contributed by atoms with E-state index in [1.54, 1.807) is 0 Å². The van der Waals surface area contributed by atoms with Gasteiger partial charge in [0.05, 0.1) is 0 Å². The third-order valence-corrected chi connectivity index (χ3v) is 5.04. The summed E-state index contributed by atoms with van der Waals surface area (Å²) >= 11 is 0. The fourth-order valence-corrected chi connectivity index (χ4v) is 3.68. The lowest BCUT2D eigenvalue weighted by Gasteiger charge is -2.33. The zero-order chi connectivity index (χ0) is 18.6. The van der Waals surface area contributed by atoms with Crippen molar-refractivity contribution in [3.63, 3.8) is 0 Å². The molecule has 2 unspecified atom stereocenters. The number of para-hydroxylation sites is 1.